The second-order valence-corrected chi connectivity index (χ2v) is 5.40. The molecule has 0 bridgehead atoms. The molecule has 2 aliphatic heterocycles. The van der Waals surface area contributed by atoms with Gasteiger partial charge in [-0.1, -0.05) is 27.7 Å². The largest absolute Gasteiger partial charge is 0.489 e. The highest BCUT2D eigenvalue weighted by molar-refractivity contribution is 5.63. The number of fused-ring (bicyclic) bond motifs is 1. The quantitative estimate of drug-likeness (QED) is 0.670. The lowest BCUT2D eigenvalue weighted by Crippen LogP contribution is -2.40. The minimum Gasteiger partial charge on any atom is -0.489 e. The lowest BCUT2D eigenvalue weighted by Gasteiger charge is -2.35. The van der Waals surface area contributed by atoms with Gasteiger partial charge in [0.1, 0.15) is 12.4 Å². The van der Waals surface area contributed by atoms with E-state index in [1.807, 2.05) is 33.8 Å². The van der Waals surface area contributed by atoms with Gasteiger partial charge in [-0.15, -0.1) is 0 Å². The maximum Gasteiger partial charge on any atom is 0.273 e. The Morgan fingerprint density at radius 2 is 1.92 bits per heavy atom. The number of anilines is 1. The molecule has 6 heteroatoms. The van der Waals surface area contributed by atoms with Crippen LogP contribution >= 0.6 is 0 Å². The number of hydrogen-bond donors (Lipinski definition) is 1. The number of benzene rings is 1. The van der Waals surface area contributed by atoms with Crippen LogP contribution in [0.1, 0.15) is 40.5 Å². The number of nitro groups is 1. The summed E-state index contributed by atoms with van der Waals surface area (Å²) in [6.07, 6.45) is 2.39. The summed E-state index contributed by atoms with van der Waals surface area (Å²) in [4.78, 5) is 12.7. The van der Waals surface area contributed by atoms with E-state index in [1.165, 1.54) is 18.9 Å². The summed E-state index contributed by atoms with van der Waals surface area (Å²) in [6, 6.07) is 4.90. The van der Waals surface area contributed by atoms with Gasteiger partial charge in [0.15, 0.2) is 0 Å². The Labute approximate surface area is 145 Å². The predicted octanol–water partition coefficient (Wildman–Crippen LogP) is 3.85. The molecule has 3 rings (SSSR count). The Kier molecular flexibility index (Phi) is 9.15. The minimum absolute atomic E-state index is 0.0902. The van der Waals surface area contributed by atoms with Crippen molar-refractivity contribution in [2.75, 3.05) is 37.7 Å². The van der Waals surface area contributed by atoms with Gasteiger partial charge in [-0.3, -0.25) is 10.1 Å². The van der Waals surface area contributed by atoms with Crippen LogP contribution in [0.4, 0.5) is 11.4 Å². The first-order valence-electron chi connectivity index (χ1n) is 9.11. The van der Waals surface area contributed by atoms with Gasteiger partial charge in [0.25, 0.3) is 5.69 Å². The maximum absolute atomic E-state index is 10.8. The lowest BCUT2D eigenvalue weighted by atomic mass is 9.97. The number of nitrogens with one attached hydrogen (secondary N) is 1. The molecule has 1 fully saturated rings. The second kappa shape index (κ2) is 10.9. The number of piperidine rings is 1. The molecule has 0 unspecified atom stereocenters. The van der Waals surface area contributed by atoms with Crippen molar-refractivity contribution in [3.8, 4) is 5.75 Å². The molecule has 24 heavy (non-hydrogen) atoms. The number of nitrogens with zero attached hydrogens (tertiary/aromatic N) is 2. The van der Waals surface area contributed by atoms with E-state index in [2.05, 4.69) is 10.2 Å². The Bertz CT molecular complexity index is 502. The Balaban J connectivity index is 0.000000671. The van der Waals surface area contributed by atoms with Crippen molar-refractivity contribution in [1.82, 2.24) is 5.32 Å². The summed E-state index contributed by atoms with van der Waals surface area (Å²) in [5.74, 6) is 1.33. The monoisotopic (exact) mass is 337 g/mol. The van der Waals surface area contributed by atoms with E-state index >= 15 is 0 Å². The summed E-state index contributed by atoms with van der Waals surface area (Å²) >= 11 is 0. The summed E-state index contributed by atoms with van der Waals surface area (Å²) in [5, 5.41) is 14.2. The highest BCUT2D eigenvalue weighted by atomic mass is 16.6. The average molecular weight is 337 g/mol. The molecule has 0 aromatic heterocycles. The van der Waals surface area contributed by atoms with Gasteiger partial charge in [0.05, 0.1) is 23.2 Å². The zero-order valence-electron chi connectivity index (χ0n) is 15.4. The van der Waals surface area contributed by atoms with Gasteiger partial charge in [-0.05, 0) is 37.9 Å². The molecule has 1 aromatic carbocycles. The van der Waals surface area contributed by atoms with E-state index in [-0.39, 0.29) is 10.6 Å². The minimum atomic E-state index is -0.380. The van der Waals surface area contributed by atoms with Crippen molar-refractivity contribution in [2.45, 2.75) is 40.5 Å². The van der Waals surface area contributed by atoms with Crippen LogP contribution in [0.5, 0.6) is 5.75 Å². The summed E-state index contributed by atoms with van der Waals surface area (Å²) < 4.78 is 5.58. The Morgan fingerprint density at radius 1 is 1.25 bits per heavy atom. The molecule has 2 heterocycles. The van der Waals surface area contributed by atoms with E-state index in [4.69, 9.17) is 4.74 Å². The zero-order chi connectivity index (χ0) is 17.9. The van der Waals surface area contributed by atoms with Gasteiger partial charge in [-0.25, -0.2) is 0 Å². The normalized spacial score (nSPS) is 16.6. The van der Waals surface area contributed by atoms with Crippen LogP contribution in [0, 0.1) is 16.0 Å². The Hall–Kier alpha value is -1.82. The molecule has 1 saturated heterocycles. The molecule has 6 nitrogen and oxygen atoms in total. The van der Waals surface area contributed by atoms with E-state index < -0.39 is 0 Å². The third-order valence-corrected chi connectivity index (χ3v) is 4.05. The SMILES string of the molecule is CC.CC.O=[N+]([O-])c1ccc2c(c1)OCCN2CC1CCNCC1. The molecule has 0 saturated carbocycles. The first kappa shape index (κ1) is 20.2. The van der Waals surface area contributed by atoms with Crippen LogP contribution in [0.25, 0.3) is 0 Å². The van der Waals surface area contributed by atoms with Crippen molar-refractivity contribution in [3.05, 3.63) is 28.3 Å². The highest BCUT2D eigenvalue weighted by Gasteiger charge is 2.24. The fourth-order valence-corrected chi connectivity index (χ4v) is 2.95. The van der Waals surface area contributed by atoms with Gasteiger partial charge in [0, 0.05) is 12.6 Å². The van der Waals surface area contributed by atoms with Crippen LogP contribution in [-0.4, -0.2) is 37.7 Å². The van der Waals surface area contributed by atoms with Gasteiger partial charge < -0.3 is 15.0 Å². The summed E-state index contributed by atoms with van der Waals surface area (Å²) in [5.41, 5.74) is 1.08. The topological polar surface area (TPSA) is 67.6 Å². The molecular weight excluding hydrogens is 306 g/mol. The number of ether oxygens (including phenoxy) is 1. The number of hydrogen-bond acceptors (Lipinski definition) is 5. The summed E-state index contributed by atoms with van der Waals surface area (Å²) in [6.45, 7) is 12.6. The molecule has 1 aromatic rings. The predicted molar refractivity (Wildman–Crippen MR) is 99.1 cm³/mol. The molecular formula is C18H31N3O3. The van der Waals surface area contributed by atoms with Crippen molar-refractivity contribution < 1.29 is 9.66 Å². The molecule has 0 aliphatic carbocycles. The standard InChI is InChI=1S/C14H19N3O3.2C2H6/c18-17(19)12-1-2-13-14(9-12)20-8-7-16(13)10-11-3-5-15-6-4-11;2*1-2/h1-2,9,11,15H,3-8,10H2;2*1-2H3. The molecule has 0 atom stereocenters. The van der Waals surface area contributed by atoms with Crippen molar-refractivity contribution >= 4 is 11.4 Å². The smallest absolute Gasteiger partial charge is 0.273 e. The van der Waals surface area contributed by atoms with E-state index in [0.29, 0.717) is 18.3 Å². The third-order valence-electron chi connectivity index (χ3n) is 4.05. The molecule has 0 spiro atoms. The number of nitro benzene ring substituents is 1. The van der Waals surface area contributed by atoms with E-state index in [0.717, 1.165) is 31.9 Å². The van der Waals surface area contributed by atoms with Crippen molar-refractivity contribution in [2.24, 2.45) is 5.92 Å². The summed E-state index contributed by atoms with van der Waals surface area (Å²) in [7, 11) is 0. The fourth-order valence-electron chi connectivity index (χ4n) is 2.95. The zero-order valence-corrected chi connectivity index (χ0v) is 15.4. The van der Waals surface area contributed by atoms with Crippen molar-refractivity contribution in [3.63, 3.8) is 0 Å². The molecule has 136 valence electrons. The second-order valence-electron chi connectivity index (χ2n) is 5.40. The fraction of sp³-hybridized carbons (Fsp3) is 0.667. The first-order valence-corrected chi connectivity index (χ1v) is 9.11. The Morgan fingerprint density at radius 3 is 2.54 bits per heavy atom. The lowest BCUT2D eigenvalue weighted by molar-refractivity contribution is -0.384. The van der Waals surface area contributed by atoms with E-state index in [1.54, 1.807) is 6.07 Å². The van der Waals surface area contributed by atoms with Gasteiger partial charge in [-0.2, -0.15) is 0 Å². The van der Waals surface area contributed by atoms with Crippen LogP contribution in [-0.2, 0) is 0 Å². The molecule has 2 aliphatic rings. The first-order chi connectivity index (χ1) is 11.7. The third kappa shape index (κ3) is 5.37. The van der Waals surface area contributed by atoms with Gasteiger partial charge >= 0.3 is 0 Å². The maximum atomic E-state index is 10.8. The number of non-ortho nitro benzene ring substituents is 1. The van der Waals surface area contributed by atoms with E-state index in [9.17, 15) is 10.1 Å². The van der Waals surface area contributed by atoms with Crippen LogP contribution < -0.4 is 15.0 Å². The average Bonchev–Trinajstić information content (AvgIpc) is 2.65. The number of rotatable bonds is 3. The molecule has 1 N–H and O–H groups in total. The van der Waals surface area contributed by atoms with Crippen LogP contribution in [0.15, 0.2) is 18.2 Å². The van der Waals surface area contributed by atoms with Crippen molar-refractivity contribution in [1.29, 1.82) is 0 Å². The van der Waals surface area contributed by atoms with Gasteiger partial charge in [0.2, 0.25) is 0 Å². The highest BCUT2D eigenvalue weighted by Crippen LogP contribution is 2.35. The molecule has 0 amide bonds. The van der Waals surface area contributed by atoms with Crippen LogP contribution in [0.3, 0.4) is 0 Å². The van der Waals surface area contributed by atoms with Crippen LogP contribution in [0.2, 0.25) is 0 Å². The molecule has 0 radical (unpaired) electrons.